The lowest BCUT2D eigenvalue weighted by Gasteiger charge is -2.34. The molecule has 0 spiro atoms. The summed E-state index contributed by atoms with van der Waals surface area (Å²) in [5, 5.41) is 11.2. The standard InChI is InChI=1S/C15H18N2O5/c1-10(15(20)21)16-14(19)12-8-22-9-13(18)17(12)7-11-5-3-2-4-6-11/h2-6,10,12H,7-9H2,1H3,(H,16,19)(H,20,21)/t10-,12+/m0/s1. The maximum Gasteiger partial charge on any atom is 0.325 e. The van der Waals surface area contributed by atoms with Crippen LogP contribution in [0.25, 0.3) is 0 Å². The predicted octanol–water partition coefficient (Wildman–Crippen LogP) is 0.00330. The van der Waals surface area contributed by atoms with Crippen molar-refractivity contribution in [2.75, 3.05) is 13.2 Å². The second-order valence-electron chi connectivity index (χ2n) is 5.11. The first-order valence-corrected chi connectivity index (χ1v) is 6.93. The zero-order valence-corrected chi connectivity index (χ0v) is 12.2. The fourth-order valence-electron chi connectivity index (χ4n) is 2.17. The molecule has 1 aliphatic heterocycles. The van der Waals surface area contributed by atoms with Gasteiger partial charge in [0, 0.05) is 6.54 Å². The molecule has 7 heteroatoms. The maximum absolute atomic E-state index is 12.2. The lowest BCUT2D eigenvalue weighted by atomic mass is 10.1. The Morgan fingerprint density at radius 3 is 2.73 bits per heavy atom. The number of nitrogens with one attached hydrogen (secondary N) is 1. The summed E-state index contributed by atoms with van der Waals surface area (Å²) in [7, 11) is 0. The summed E-state index contributed by atoms with van der Waals surface area (Å²) in [6.45, 7) is 1.62. The van der Waals surface area contributed by atoms with Gasteiger partial charge in [0.15, 0.2) is 0 Å². The van der Waals surface area contributed by atoms with Crippen molar-refractivity contribution >= 4 is 17.8 Å². The molecule has 118 valence electrons. The number of morpholine rings is 1. The first kappa shape index (κ1) is 16.0. The van der Waals surface area contributed by atoms with Gasteiger partial charge < -0.3 is 20.1 Å². The van der Waals surface area contributed by atoms with Crippen molar-refractivity contribution in [3.63, 3.8) is 0 Å². The zero-order chi connectivity index (χ0) is 16.1. The number of amides is 2. The highest BCUT2D eigenvalue weighted by Gasteiger charge is 2.35. The van der Waals surface area contributed by atoms with Crippen LogP contribution in [0.5, 0.6) is 0 Å². The highest BCUT2D eigenvalue weighted by atomic mass is 16.5. The molecule has 0 unspecified atom stereocenters. The highest BCUT2D eigenvalue weighted by Crippen LogP contribution is 2.14. The van der Waals surface area contributed by atoms with Crippen molar-refractivity contribution in [3.8, 4) is 0 Å². The molecular weight excluding hydrogens is 288 g/mol. The molecule has 0 bridgehead atoms. The quantitative estimate of drug-likeness (QED) is 0.798. The van der Waals surface area contributed by atoms with Gasteiger partial charge in [0.2, 0.25) is 11.8 Å². The number of carbonyl (C=O) groups is 3. The average Bonchev–Trinajstić information content (AvgIpc) is 2.50. The molecule has 2 N–H and O–H groups in total. The second-order valence-corrected chi connectivity index (χ2v) is 5.11. The number of carboxylic acid groups (broad SMARTS) is 1. The SMILES string of the molecule is C[C@H](NC(=O)[C@H]1COCC(=O)N1Cc1ccccc1)C(=O)O. The lowest BCUT2D eigenvalue weighted by Crippen LogP contribution is -2.57. The first-order valence-electron chi connectivity index (χ1n) is 6.93. The van der Waals surface area contributed by atoms with Crippen LogP contribution in [0.1, 0.15) is 12.5 Å². The van der Waals surface area contributed by atoms with E-state index in [9.17, 15) is 14.4 Å². The molecule has 1 heterocycles. The van der Waals surface area contributed by atoms with Gasteiger partial charge in [-0.25, -0.2) is 0 Å². The van der Waals surface area contributed by atoms with Crippen LogP contribution >= 0.6 is 0 Å². The van der Waals surface area contributed by atoms with Crippen molar-refractivity contribution in [2.24, 2.45) is 0 Å². The Balaban J connectivity index is 2.11. The molecule has 2 atom stereocenters. The largest absolute Gasteiger partial charge is 0.480 e. The van der Waals surface area contributed by atoms with Gasteiger partial charge in [-0.15, -0.1) is 0 Å². The van der Waals surface area contributed by atoms with E-state index in [1.54, 1.807) is 0 Å². The smallest absolute Gasteiger partial charge is 0.325 e. The number of hydrogen-bond donors (Lipinski definition) is 2. The topological polar surface area (TPSA) is 95.9 Å². The van der Waals surface area contributed by atoms with Gasteiger partial charge in [-0.05, 0) is 12.5 Å². The number of hydrogen-bond acceptors (Lipinski definition) is 4. The van der Waals surface area contributed by atoms with E-state index in [0.717, 1.165) is 5.56 Å². The molecule has 2 amide bonds. The van der Waals surface area contributed by atoms with E-state index in [1.165, 1.54) is 11.8 Å². The molecule has 0 radical (unpaired) electrons. The monoisotopic (exact) mass is 306 g/mol. The first-order chi connectivity index (χ1) is 10.5. The summed E-state index contributed by atoms with van der Waals surface area (Å²) >= 11 is 0. The molecule has 1 saturated heterocycles. The molecule has 0 saturated carbocycles. The van der Waals surface area contributed by atoms with Crippen LogP contribution in [0, 0.1) is 0 Å². The number of nitrogens with zero attached hydrogens (tertiary/aromatic N) is 1. The molecule has 7 nitrogen and oxygen atoms in total. The Kier molecular flexibility index (Phi) is 5.11. The molecule has 22 heavy (non-hydrogen) atoms. The fourth-order valence-corrected chi connectivity index (χ4v) is 2.17. The molecule has 1 aliphatic rings. The van der Waals surface area contributed by atoms with Crippen molar-refractivity contribution in [1.29, 1.82) is 0 Å². The van der Waals surface area contributed by atoms with E-state index in [-0.39, 0.29) is 25.7 Å². The van der Waals surface area contributed by atoms with Crippen LogP contribution in [-0.2, 0) is 25.7 Å². The van der Waals surface area contributed by atoms with Crippen LogP contribution in [0.15, 0.2) is 30.3 Å². The van der Waals surface area contributed by atoms with E-state index in [1.807, 2.05) is 30.3 Å². The molecular formula is C15H18N2O5. The Morgan fingerprint density at radius 2 is 2.09 bits per heavy atom. The third-order valence-corrected chi connectivity index (χ3v) is 3.43. The highest BCUT2D eigenvalue weighted by molar-refractivity contribution is 5.91. The number of carboxylic acids is 1. The molecule has 1 aromatic rings. The Morgan fingerprint density at radius 1 is 1.41 bits per heavy atom. The Hall–Kier alpha value is -2.41. The molecule has 1 fully saturated rings. The minimum Gasteiger partial charge on any atom is -0.480 e. The number of benzene rings is 1. The van der Waals surface area contributed by atoms with E-state index in [0.29, 0.717) is 0 Å². The van der Waals surface area contributed by atoms with Crippen molar-refractivity contribution in [1.82, 2.24) is 10.2 Å². The third-order valence-electron chi connectivity index (χ3n) is 3.43. The van der Waals surface area contributed by atoms with Crippen LogP contribution < -0.4 is 5.32 Å². The summed E-state index contributed by atoms with van der Waals surface area (Å²) in [5.41, 5.74) is 0.891. The number of rotatable bonds is 5. The fraction of sp³-hybridized carbons (Fsp3) is 0.400. The maximum atomic E-state index is 12.2. The van der Waals surface area contributed by atoms with Gasteiger partial charge in [0.1, 0.15) is 18.7 Å². The zero-order valence-electron chi connectivity index (χ0n) is 12.2. The van der Waals surface area contributed by atoms with Gasteiger partial charge in [-0.2, -0.15) is 0 Å². The van der Waals surface area contributed by atoms with Crippen molar-refractivity contribution in [2.45, 2.75) is 25.6 Å². The summed E-state index contributed by atoms with van der Waals surface area (Å²) < 4.78 is 5.13. The van der Waals surface area contributed by atoms with E-state index in [4.69, 9.17) is 9.84 Å². The Labute approximate surface area is 127 Å². The number of carbonyl (C=O) groups excluding carboxylic acids is 2. The molecule has 0 aliphatic carbocycles. The van der Waals surface area contributed by atoms with Gasteiger partial charge in [-0.3, -0.25) is 14.4 Å². The number of ether oxygens (including phenoxy) is 1. The summed E-state index contributed by atoms with van der Waals surface area (Å²) in [4.78, 5) is 36.5. The molecule has 1 aromatic carbocycles. The average molecular weight is 306 g/mol. The third kappa shape index (κ3) is 3.82. The number of aliphatic carboxylic acids is 1. The van der Waals surface area contributed by atoms with Gasteiger partial charge in [-0.1, -0.05) is 30.3 Å². The Bertz CT molecular complexity index is 560. The normalized spacial score (nSPS) is 19.6. The van der Waals surface area contributed by atoms with Gasteiger partial charge in [0.05, 0.1) is 6.61 Å². The van der Waals surface area contributed by atoms with Crippen LogP contribution in [0.3, 0.4) is 0 Å². The second kappa shape index (κ2) is 7.04. The van der Waals surface area contributed by atoms with Crippen molar-refractivity contribution in [3.05, 3.63) is 35.9 Å². The molecule has 2 rings (SSSR count). The van der Waals surface area contributed by atoms with E-state index >= 15 is 0 Å². The van der Waals surface area contributed by atoms with Gasteiger partial charge >= 0.3 is 5.97 Å². The summed E-state index contributed by atoms with van der Waals surface area (Å²) in [5.74, 6) is -1.96. The predicted molar refractivity (Wildman–Crippen MR) is 76.8 cm³/mol. The molecule has 0 aromatic heterocycles. The summed E-state index contributed by atoms with van der Waals surface area (Å²) in [6, 6.07) is 7.42. The van der Waals surface area contributed by atoms with E-state index in [2.05, 4.69) is 5.32 Å². The van der Waals surface area contributed by atoms with Crippen molar-refractivity contribution < 1.29 is 24.2 Å². The van der Waals surface area contributed by atoms with Gasteiger partial charge in [0.25, 0.3) is 0 Å². The lowest BCUT2D eigenvalue weighted by molar-refractivity contribution is -0.156. The van der Waals surface area contributed by atoms with E-state index < -0.39 is 24.0 Å². The minimum atomic E-state index is -1.13. The van der Waals surface area contributed by atoms with Crippen LogP contribution in [0.4, 0.5) is 0 Å². The minimum absolute atomic E-state index is 0.0523. The summed E-state index contributed by atoms with van der Waals surface area (Å²) in [6.07, 6.45) is 0. The van der Waals surface area contributed by atoms with Crippen LogP contribution in [-0.4, -0.2) is 53.1 Å². The van der Waals surface area contributed by atoms with Crippen LogP contribution in [0.2, 0.25) is 0 Å².